The average molecular weight is 275 g/mol. The normalized spacial score (nSPS) is 10.6. The Hall–Kier alpha value is -2.56. The van der Waals surface area contributed by atoms with Crippen LogP contribution in [0.2, 0.25) is 0 Å². The van der Waals surface area contributed by atoms with Crippen LogP contribution in [-0.4, -0.2) is 20.0 Å². The van der Waals surface area contributed by atoms with E-state index in [1.165, 1.54) is 19.2 Å². The molecule has 2 aromatic carbocycles. The van der Waals surface area contributed by atoms with Crippen LogP contribution in [0.15, 0.2) is 42.5 Å². The van der Waals surface area contributed by atoms with Crippen LogP contribution >= 0.6 is 0 Å². The highest BCUT2D eigenvalue weighted by molar-refractivity contribution is 6.08. The second-order valence-electron chi connectivity index (χ2n) is 4.02. The second-order valence-corrected chi connectivity index (χ2v) is 4.02. The van der Waals surface area contributed by atoms with Crippen molar-refractivity contribution in [2.24, 2.45) is 0 Å². The number of nitrogens with one attached hydrogen (secondary N) is 2. The van der Waals surface area contributed by atoms with Crippen LogP contribution < -0.4 is 15.4 Å². The second kappa shape index (κ2) is 6.06. The van der Waals surface area contributed by atoms with E-state index in [0.29, 0.717) is 17.1 Å². The molecule has 0 radical (unpaired) electrons. The first-order valence-electron chi connectivity index (χ1n) is 6.63. The van der Waals surface area contributed by atoms with E-state index in [9.17, 15) is 9.18 Å². The molecule has 5 heteroatoms. The summed E-state index contributed by atoms with van der Waals surface area (Å²) in [5.41, 5.74) is 1.03. The SMILES string of the molecule is [2H]CNc1ccc(F)cc1C(=O)Nc1ccccc1OC. The Morgan fingerprint density at radius 1 is 1.25 bits per heavy atom. The van der Waals surface area contributed by atoms with Crippen molar-refractivity contribution in [3.8, 4) is 5.75 Å². The first-order valence-corrected chi connectivity index (χ1v) is 5.92. The molecule has 0 atom stereocenters. The molecule has 4 nitrogen and oxygen atoms in total. The van der Waals surface area contributed by atoms with Gasteiger partial charge in [-0.25, -0.2) is 4.39 Å². The standard InChI is InChI=1S/C15H15FN2O2/c1-17-12-8-7-10(16)9-11(12)15(19)18-13-5-3-4-6-14(13)20-2/h3-9,17H,1-2H3,(H,18,19)/i1D. The monoisotopic (exact) mass is 275 g/mol. The Morgan fingerprint density at radius 2 is 2.05 bits per heavy atom. The molecule has 0 saturated carbocycles. The summed E-state index contributed by atoms with van der Waals surface area (Å²) >= 11 is 0. The quantitative estimate of drug-likeness (QED) is 0.901. The zero-order valence-electron chi connectivity index (χ0n) is 11.9. The number of hydrogen-bond acceptors (Lipinski definition) is 3. The number of anilines is 2. The summed E-state index contributed by atoms with van der Waals surface area (Å²) in [5, 5.41) is 5.38. The first-order chi connectivity index (χ1) is 10.2. The minimum absolute atomic E-state index is 0.111. The van der Waals surface area contributed by atoms with Crippen LogP contribution in [0, 0.1) is 5.82 Å². The number of halogens is 1. The lowest BCUT2D eigenvalue weighted by Gasteiger charge is -2.12. The molecule has 0 aromatic heterocycles. The van der Waals surface area contributed by atoms with E-state index in [-0.39, 0.29) is 12.6 Å². The number of carbonyl (C=O) groups is 1. The lowest BCUT2D eigenvalue weighted by Crippen LogP contribution is -2.15. The van der Waals surface area contributed by atoms with Gasteiger partial charge in [-0.1, -0.05) is 12.1 Å². The maximum atomic E-state index is 13.4. The summed E-state index contributed by atoms with van der Waals surface area (Å²) in [6.07, 6.45) is 0. The van der Waals surface area contributed by atoms with Gasteiger partial charge in [0.05, 0.1) is 18.4 Å². The summed E-state index contributed by atoms with van der Waals surface area (Å²) in [6.45, 7) is 0. The third-order valence-corrected chi connectivity index (χ3v) is 2.77. The molecule has 2 aromatic rings. The number of amides is 1. The Labute approximate surface area is 118 Å². The van der Waals surface area contributed by atoms with Crippen LogP contribution in [0.3, 0.4) is 0 Å². The number of methoxy groups -OCH3 is 1. The fourth-order valence-electron chi connectivity index (χ4n) is 1.80. The van der Waals surface area contributed by atoms with Gasteiger partial charge >= 0.3 is 0 Å². The third kappa shape index (κ3) is 2.88. The maximum absolute atomic E-state index is 13.4. The Morgan fingerprint density at radius 3 is 2.80 bits per heavy atom. The highest BCUT2D eigenvalue weighted by Crippen LogP contribution is 2.25. The molecule has 0 bridgehead atoms. The molecule has 0 heterocycles. The molecule has 1 amide bonds. The van der Waals surface area contributed by atoms with Crippen LogP contribution in [0.25, 0.3) is 0 Å². The smallest absolute Gasteiger partial charge is 0.257 e. The predicted octanol–water partition coefficient (Wildman–Crippen LogP) is 3.13. The van der Waals surface area contributed by atoms with Gasteiger partial charge < -0.3 is 15.4 Å². The van der Waals surface area contributed by atoms with E-state index >= 15 is 0 Å². The molecule has 0 saturated heterocycles. The van der Waals surface area contributed by atoms with Gasteiger partial charge in [-0.2, -0.15) is 0 Å². The van der Waals surface area contributed by atoms with Crippen molar-refractivity contribution in [2.75, 3.05) is 24.8 Å². The molecule has 20 heavy (non-hydrogen) atoms. The summed E-state index contributed by atoms with van der Waals surface area (Å²) in [5.74, 6) is -0.483. The molecule has 0 aliphatic carbocycles. The molecule has 0 aliphatic heterocycles. The van der Waals surface area contributed by atoms with Crippen LogP contribution in [0.5, 0.6) is 5.75 Å². The lowest BCUT2D eigenvalue weighted by atomic mass is 10.1. The molecule has 2 N–H and O–H groups in total. The van der Waals surface area contributed by atoms with Crippen LogP contribution in [-0.2, 0) is 0 Å². The minimum Gasteiger partial charge on any atom is -0.495 e. The maximum Gasteiger partial charge on any atom is 0.257 e. The van der Waals surface area contributed by atoms with Gasteiger partial charge in [0, 0.05) is 14.1 Å². The first kappa shape index (κ1) is 12.5. The van der Waals surface area contributed by atoms with Crippen molar-refractivity contribution in [1.29, 1.82) is 0 Å². The average Bonchev–Trinajstić information content (AvgIpc) is 2.49. The highest BCUT2D eigenvalue weighted by Gasteiger charge is 2.14. The van der Waals surface area contributed by atoms with E-state index in [1.54, 1.807) is 24.3 Å². The summed E-state index contributed by atoms with van der Waals surface area (Å²) in [7, 11) is 1.39. The van der Waals surface area contributed by atoms with E-state index in [0.717, 1.165) is 6.07 Å². The number of benzene rings is 2. The molecule has 0 unspecified atom stereocenters. The van der Waals surface area contributed by atoms with Crippen molar-refractivity contribution < 1.29 is 15.3 Å². The number of hydrogen-bond donors (Lipinski definition) is 2. The van der Waals surface area contributed by atoms with Crippen molar-refractivity contribution >= 4 is 17.3 Å². The van der Waals surface area contributed by atoms with Crippen molar-refractivity contribution in [2.45, 2.75) is 0 Å². The number of carbonyl (C=O) groups excluding carboxylic acids is 1. The zero-order chi connectivity index (χ0) is 15.2. The van der Waals surface area contributed by atoms with Crippen LogP contribution in [0.1, 0.15) is 11.7 Å². The molecular weight excluding hydrogens is 259 g/mol. The van der Waals surface area contributed by atoms with Gasteiger partial charge in [-0.3, -0.25) is 4.79 Å². The molecule has 0 spiro atoms. The summed E-state index contributed by atoms with van der Waals surface area (Å²) in [4.78, 5) is 12.3. The van der Waals surface area contributed by atoms with Gasteiger partial charge in [0.15, 0.2) is 0 Å². The van der Waals surface area contributed by atoms with Gasteiger partial charge in [-0.15, -0.1) is 0 Å². The van der Waals surface area contributed by atoms with Gasteiger partial charge in [-0.05, 0) is 30.3 Å². The fourth-order valence-corrected chi connectivity index (χ4v) is 1.80. The van der Waals surface area contributed by atoms with Gasteiger partial charge in [0.25, 0.3) is 5.91 Å². The van der Waals surface area contributed by atoms with Crippen molar-refractivity contribution in [3.05, 3.63) is 53.8 Å². The fraction of sp³-hybridized carbons (Fsp3) is 0.133. The van der Waals surface area contributed by atoms with E-state index in [2.05, 4.69) is 10.6 Å². The molecule has 104 valence electrons. The third-order valence-electron chi connectivity index (χ3n) is 2.77. The Balaban J connectivity index is 2.29. The van der Waals surface area contributed by atoms with E-state index < -0.39 is 11.7 Å². The topological polar surface area (TPSA) is 50.4 Å². The zero-order valence-corrected chi connectivity index (χ0v) is 10.9. The largest absolute Gasteiger partial charge is 0.495 e. The minimum atomic E-state index is -0.518. The molecule has 0 fully saturated rings. The number of para-hydroxylation sites is 2. The molecule has 2 rings (SSSR count). The lowest BCUT2D eigenvalue weighted by molar-refractivity contribution is 0.102. The van der Waals surface area contributed by atoms with Gasteiger partial charge in [0.1, 0.15) is 11.6 Å². The van der Waals surface area contributed by atoms with E-state index in [4.69, 9.17) is 6.11 Å². The predicted molar refractivity (Wildman–Crippen MR) is 76.9 cm³/mol. The van der Waals surface area contributed by atoms with Crippen molar-refractivity contribution in [1.82, 2.24) is 0 Å². The summed E-state index contributed by atoms with van der Waals surface area (Å²) < 4.78 is 25.7. The van der Waals surface area contributed by atoms with Gasteiger partial charge in [0.2, 0.25) is 0 Å². The molecular formula is C15H15FN2O2. The Kier molecular flexibility index (Phi) is 3.78. The highest BCUT2D eigenvalue weighted by atomic mass is 19.1. The Bertz CT molecular complexity index is 649. The number of rotatable bonds is 4. The molecule has 0 aliphatic rings. The van der Waals surface area contributed by atoms with Crippen LogP contribution in [0.4, 0.5) is 15.8 Å². The van der Waals surface area contributed by atoms with E-state index in [1.807, 2.05) is 0 Å². The van der Waals surface area contributed by atoms with Crippen molar-refractivity contribution in [3.63, 3.8) is 0 Å². The summed E-state index contributed by atoms with van der Waals surface area (Å²) in [6, 6.07) is 10.7. The number of ether oxygens (including phenoxy) is 1.